The zero-order valence-corrected chi connectivity index (χ0v) is 22.0. The second-order valence-electron chi connectivity index (χ2n) is 10.8. The van der Waals surface area contributed by atoms with Crippen molar-refractivity contribution in [2.24, 2.45) is 10.7 Å². The summed E-state index contributed by atoms with van der Waals surface area (Å²) in [4.78, 5) is 32.6. The Balaban J connectivity index is 1.51. The van der Waals surface area contributed by atoms with Crippen LogP contribution in [0.3, 0.4) is 0 Å². The SMILES string of the molecule is CCC1(C)CC(=O)N([C@@H]2CCS(=O)(=O)c3ccc(C(=O)N[C@@H]4c5ccccc5C[C@]4(C)O)cc32)C(N)=N1. The van der Waals surface area contributed by atoms with Crippen LogP contribution in [0.1, 0.15) is 79.2 Å². The number of carbonyl (C=O) groups excluding carboxylic acids is 2. The summed E-state index contributed by atoms with van der Waals surface area (Å²) in [6, 6.07) is 10.7. The van der Waals surface area contributed by atoms with Crippen molar-refractivity contribution in [3.05, 3.63) is 64.7 Å². The molecule has 0 radical (unpaired) electrons. The molecule has 2 aromatic rings. The molecule has 3 aliphatic rings. The van der Waals surface area contributed by atoms with E-state index in [1.807, 2.05) is 38.1 Å². The van der Waals surface area contributed by atoms with Crippen molar-refractivity contribution in [3.63, 3.8) is 0 Å². The summed E-state index contributed by atoms with van der Waals surface area (Å²) in [6.07, 6.45) is 1.36. The van der Waals surface area contributed by atoms with Gasteiger partial charge in [0.25, 0.3) is 5.91 Å². The van der Waals surface area contributed by atoms with Crippen LogP contribution in [0.2, 0.25) is 0 Å². The number of nitrogens with one attached hydrogen (secondary N) is 1. The number of nitrogens with two attached hydrogens (primary N) is 1. The van der Waals surface area contributed by atoms with Crippen molar-refractivity contribution in [2.75, 3.05) is 5.75 Å². The van der Waals surface area contributed by atoms with Crippen LogP contribution >= 0.6 is 0 Å². The highest BCUT2D eigenvalue weighted by molar-refractivity contribution is 7.91. The fourth-order valence-corrected chi connectivity index (χ4v) is 7.31. The molecule has 0 saturated heterocycles. The van der Waals surface area contributed by atoms with Gasteiger partial charge < -0.3 is 16.2 Å². The standard InChI is InChI=1S/C27H32N4O5S/c1-4-26(2)15-22(32)31(25(28)30-26)20-11-12-37(35,36)21-10-9-16(13-19(20)21)24(33)29-23-18-8-6-5-7-17(18)14-27(23,3)34/h5-10,13,20,23,34H,4,11-12,14-15H2,1-3H3,(H2,28,30)(H,29,33)/t20-,23-,26?,27+/m1/s1. The van der Waals surface area contributed by atoms with Crippen LogP contribution < -0.4 is 11.1 Å². The fourth-order valence-electron chi connectivity index (χ4n) is 5.73. The van der Waals surface area contributed by atoms with Crippen molar-refractivity contribution in [1.29, 1.82) is 0 Å². The summed E-state index contributed by atoms with van der Waals surface area (Å²) in [6.45, 7) is 5.49. The topological polar surface area (TPSA) is 142 Å². The number of sulfone groups is 1. The van der Waals surface area contributed by atoms with Crippen LogP contribution in [0.15, 0.2) is 52.4 Å². The van der Waals surface area contributed by atoms with Crippen LogP contribution in [-0.4, -0.2) is 53.1 Å². The first-order chi connectivity index (χ1) is 17.3. The molecule has 9 nitrogen and oxygen atoms in total. The largest absolute Gasteiger partial charge is 0.387 e. The number of aliphatic hydroxyl groups is 1. The van der Waals surface area contributed by atoms with Gasteiger partial charge in [-0.3, -0.25) is 14.5 Å². The Bertz CT molecular complexity index is 1430. The molecule has 0 spiro atoms. The molecule has 1 unspecified atom stereocenters. The minimum atomic E-state index is -3.59. The summed E-state index contributed by atoms with van der Waals surface area (Å²) < 4.78 is 25.8. The molecule has 10 heteroatoms. The summed E-state index contributed by atoms with van der Waals surface area (Å²) >= 11 is 0. The molecule has 196 valence electrons. The Hall–Kier alpha value is -3.24. The molecule has 2 aliphatic heterocycles. The Kier molecular flexibility index (Phi) is 5.95. The molecule has 4 atom stereocenters. The number of benzene rings is 2. The van der Waals surface area contributed by atoms with Gasteiger partial charge >= 0.3 is 0 Å². The Morgan fingerprint density at radius 2 is 1.92 bits per heavy atom. The van der Waals surface area contributed by atoms with Gasteiger partial charge in [0, 0.05) is 12.0 Å². The molecule has 2 aromatic carbocycles. The summed E-state index contributed by atoms with van der Waals surface area (Å²) in [5.41, 5.74) is 6.89. The molecule has 2 amide bonds. The highest BCUT2D eigenvalue weighted by Crippen LogP contribution is 2.41. The third kappa shape index (κ3) is 4.31. The van der Waals surface area contributed by atoms with E-state index in [0.29, 0.717) is 18.4 Å². The van der Waals surface area contributed by atoms with Crippen molar-refractivity contribution in [2.45, 2.75) is 74.6 Å². The maximum Gasteiger partial charge on any atom is 0.251 e. The molecule has 0 bridgehead atoms. The van der Waals surface area contributed by atoms with Crippen molar-refractivity contribution in [3.8, 4) is 0 Å². The highest BCUT2D eigenvalue weighted by atomic mass is 32.2. The first-order valence-electron chi connectivity index (χ1n) is 12.5. The Morgan fingerprint density at radius 3 is 2.62 bits per heavy atom. The first kappa shape index (κ1) is 25.4. The number of guanidine groups is 1. The van der Waals surface area contributed by atoms with Gasteiger partial charge in [0.15, 0.2) is 15.8 Å². The number of fused-ring (bicyclic) bond motifs is 2. The number of carbonyl (C=O) groups is 2. The zero-order chi connectivity index (χ0) is 26.8. The average Bonchev–Trinajstić information content (AvgIpc) is 3.09. The highest BCUT2D eigenvalue weighted by Gasteiger charge is 2.44. The predicted octanol–water partition coefficient (Wildman–Crippen LogP) is 2.40. The van der Waals surface area contributed by atoms with Crippen LogP contribution in [0.5, 0.6) is 0 Å². The molecule has 37 heavy (non-hydrogen) atoms. The van der Waals surface area contributed by atoms with Crippen molar-refractivity contribution in [1.82, 2.24) is 10.2 Å². The normalized spacial score (nSPS) is 30.3. The summed E-state index contributed by atoms with van der Waals surface area (Å²) in [7, 11) is -3.59. The van der Waals surface area contributed by atoms with E-state index in [0.717, 1.165) is 11.1 Å². The molecular weight excluding hydrogens is 492 g/mol. The number of aliphatic imine (C=N–C) groups is 1. The van der Waals surface area contributed by atoms with Gasteiger partial charge in [0.05, 0.1) is 40.3 Å². The third-order valence-electron chi connectivity index (χ3n) is 7.94. The van der Waals surface area contributed by atoms with Crippen molar-refractivity contribution >= 4 is 27.6 Å². The smallest absolute Gasteiger partial charge is 0.251 e. The van der Waals surface area contributed by atoms with E-state index < -0.39 is 39.0 Å². The monoisotopic (exact) mass is 524 g/mol. The van der Waals surface area contributed by atoms with Gasteiger partial charge in [-0.2, -0.15) is 0 Å². The fraction of sp³-hybridized carbons (Fsp3) is 0.444. The summed E-state index contributed by atoms with van der Waals surface area (Å²) in [5.74, 6) is -0.749. The van der Waals surface area contributed by atoms with Crippen LogP contribution in [0.25, 0.3) is 0 Å². The van der Waals surface area contributed by atoms with Crippen LogP contribution in [0, 0.1) is 0 Å². The quantitative estimate of drug-likeness (QED) is 0.561. The molecule has 5 rings (SSSR count). The molecule has 0 saturated carbocycles. The van der Waals surface area contributed by atoms with E-state index in [-0.39, 0.29) is 40.9 Å². The van der Waals surface area contributed by atoms with Gasteiger partial charge in [0.1, 0.15) is 0 Å². The van der Waals surface area contributed by atoms with E-state index >= 15 is 0 Å². The van der Waals surface area contributed by atoms with Crippen molar-refractivity contribution < 1.29 is 23.1 Å². The van der Waals surface area contributed by atoms with E-state index in [2.05, 4.69) is 10.3 Å². The minimum Gasteiger partial charge on any atom is -0.387 e. The average molecular weight is 525 g/mol. The van der Waals surface area contributed by atoms with E-state index in [4.69, 9.17) is 5.73 Å². The van der Waals surface area contributed by atoms with Gasteiger partial charge in [0.2, 0.25) is 5.91 Å². The second kappa shape index (κ2) is 8.66. The second-order valence-corrected chi connectivity index (χ2v) is 12.9. The Morgan fingerprint density at radius 1 is 1.19 bits per heavy atom. The maximum atomic E-state index is 13.4. The van der Waals surface area contributed by atoms with Gasteiger partial charge in [-0.05, 0) is 61.6 Å². The molecule has 4 N–H and O–H groups in total. The summed E-state index contributed by atoms with van der Waals surface area (Å²) in [5, 5.41) is 13.9. The molecule has 0 aromatic heterocycles. The lowest BCUT2D eigenvalue weighted by atomic mass is 9.91. The van der Waals surface area contributed by atoms with Gasteiger partial charge in [-0.25, -0.2) is 13.4 Å². The first-order valence-corrected chi connectivity index (χ1v) is 14.2. The van der Waals surface area contributed by atoms with E-state index in [9.17, 15) is 23.1 Å². The molecular formula is C27H32N4O5S. The lowest BCUT2D eigenvalue weighted by Crippen LogP contribution is -2.52. The molecule has 1 aliphatic carbocycles. The van der Waals surface area contributed by atoms with Crippen LogP contribution in [0.4, 0.5) is 0 Å². The number of hydrogen-bond donors (Lipinski definition) is 3. The maximum absolute atomic E-state index is 13.4. The number of nitrogens with zero attached hydrogens (tertiary/aromatic N) is 2. The minimum absolute atomic E-state index is 0.0595. The number of amides is 2. The third-order valence-corrected chi connectivity index (χ3v) is 9.76. The number of rotatable bonds is 4. The lowest BCUT2D eigenvalue weighted by molar-refractivity contribution is -0.131. The molecule has 2 heterocycles. The Labute approximate surface area is 216 Å². The number of hydrogen-bond acceptors (Lipinski definition) is 7. The van der Waals surface area contributed by atoms with Crippen LogP contribution in [-0.2, 0) is 21.1 Å². The van der Waals surface area contributed by atoms with Gasteiger partial charge in [-0.1, -0.05) is 31.2 Å². The molecule has 0 fully saturated rings. The zero-order valence-electron chi connectivity index (χ0n) is 21.2. The predicted molar refractivity (Wildman–Crippen MR) is 139 cm³/mol. The van der Waals surface area contributed by atoms with E-state index in [1.54, 1.807) is 6.92 Å². The lowest BCUT2D eigenvalue weighted by Gasteiger charge is -2.40. The van der Waals surface area contributed by atoms with Gasteiger partial charge in [-0.15, -0.1) is 0 Å². The van der Waals surface area contributed by atoms with E-state index in [1.165, 1.54) is 23.1 Å².